The number of hydrogen-bond donors (Lipinski definition) is 2. The fraction of sp³-hybridized carbons (Fsp3) is 0.586. The lowest BCUT2D eigenvalue weighted by Crippen LogP contribution is -2.39. The van der Waals surface area contributed by atoms with Crippen molar-refractivity contribution in [3.05, 3.63) is 71.8 Å². The lowest BCUT2D eigenvalue weighted by molar-refractivity contribution is 0.115. The van der Waals surface area contributed by atoms with Crippen molar-refractivity contribution in [1.29, 1.82) is 0 Å². The molecule has 2 heteroatoms. The number of hydrogen-bond acceptors (Lipinski definition) is 2. The van der Waals surface area contributed by atoms with E-state index in [0.29, 0.717) is 5.92 Å². The van der Waals surface area contributed by atoms with Gasteiger partial charge in [-0.3, -0.25) is 0 Å². The SMILES string of the molecule is OCC(Cc1ccccc1)NCC(Cc1ccccc1)CC1CCC2CCCCC2C1. The average Bonchev–Trinajstić information content (AvgIpc) is 2.83. The smallest absolute Gasteiger partial charge is 0.0587 e. The maximum Gasteiger partial charge on any atom is 0.0587 e. The van der Waals surface area contributed by atoms with Gasteiger partial charge in [0, 0.05) is 6.04 Å². The van der Waals surface area contributed by atoms with Crippen LogP contribution in [0.25, 0.3) is 0 Å². The second-order valence-electron chi connectivity index (χ2n) is 10.3. The van der Waals surface area contributed by atoms with E-state index in [-0.39, 0.29) is 12.6 Å². The molecule has 4 rings (SSSR count). The molecule has 2 N–H and O–H groups in total. The Morgan fingerprint density at radius 1 is 0.774 bits per heavy atom. The largest absolute Gasteiger partial charge is 0.395 e. The predicted molar refractivity (Wildman–Crippen MR) is 130 cm³/mol. The van der Waals surface area contributed by atoms with E-state index in [1.165, 1.54) is 62.5 Å². The Balaban J connectivity index is 1.35. The van der Waals surface area contributed by atoms with Gasteiger partial charge in [-0.25, -0.2) is 0 Å². The van der Waals surface area contributed by atoms with Gasteiger partial charge in [0.25, 0.3) is 0 Å². The zero-order valence-electron chi connectivity index (χ0n) is 19.1. The van der Waals surface area contributed by atoms with Crippen molar-refractivity contribution < 1.29 is 5.11 Å². The molecule has 2 aliphatic carbocycles. The summed E-state index contributed by atoms with van der Waals surface area (Å²) in [5.74, 6) is 3.55. The topological polar surface area (TPSA) is 32.3 Å². The first-order chi connectivity index (χ1) is 15.3. The fourth-order valence-electron chi connectivity index (χ4n) is 6.28. The van der Waals surface area contributed by atoms with Gasteiger partial charge < -0.3 is 10.4 Å². The van der Waals surface area contributed by atoms with Crippen LogP contribution < -0.4 is 5.32 Å². The third-order valence-electron chi connectivity index (χ3n) is 7.92. The van der Waals surface area contributed by atoms with Crippen LogP contribution in [0.4, 0.5) is 0 Å². The molecule has 168 valence electrons. The van der Waals surface area contributed by atoms with Crippen molar-refractivity contribution in [1.82, 2.24) is 5.32 Å². The molecule has 31 heavy (non-hydrogen) atoms. The Morgan fingerprint density at radius 3 is 2.10 bits per heavy atom. The maximum absolute atomic E-state index is 9.98. The number of nitrogens with one attached hydrogen (secondary N) is 1. The summed E-state index contributed by atoms with van der Waals surface area (Å²) in [7, 11) is 0. The van der Waals surface area contributed by atoms with Crippen LogP contribution >= 0.6 is 0 Å². The Kier molecular flexibility index (Phi) is 8.61. The molecule has 0 heterocycles. The average molecular weight is 420 g/mol. The number of aliphatic hydroxyl groups is 1. The molecule has 2 aromatic carbocycles. The first-order valence-corrected chi connectivity index (χ1v) is 12.7. The number of aliphatic hydroxyl groups excluding tert-OH is 1. The van der Waals surface area contributed by atoms with E-state index in [2.05, 4.69) is 66.0 Å². The van der Waals surface area contributed by atoms with E-state index in [9.17, 15) is 5.11 Å². The standard InChI is InChI=1S/C29H41NO/c31-22-29(20-24-11-5-2-6-12-24)30-21-26(17-23-9-3-1-4-10-23)18-25-15-16-27-13-7-8-14-28(27)19-25/h1-6,9-12,25-31H,7-8,13-22H2. The van der Waals surface area contributed by atoms with E-state index < -0.39 is 0 Å². The van der Waals surface area contributed by atoms with Gasteiger partial charge in [0.05, 0.1) is 6.61 Å². The van der Waals surface area contributed by atoms with Gasteiger partial charge in [-0.15, -0.1) is 0 Å². The van der Waals surface area contributed by atoms with Gasteiger partial charge in [0.15, 0.2) is 0 Å². The summed E-state index contributed by atoms with van der Waals surface area (Å²) < 4.78 is 0. The summed E-state index contributed by atoms with van der Waals surface area (Å²) in [5, 5.41) is 13.7. The fourth-order valence-corrected chi connectivity index (χ4v) is 6.28. The van der Waals surface area contributed by atoms with Gasteiger partial charge in [-0.2, -0.15) is 0 Å². The van der Waals surface area contributed by atoms with Crippen molar-refractivity contribution in [3.63, 3.8) is 0 Å². The minimum absolute atomic E-state index is 0.134. The highest BCUT2D eigenvalue weighted by atomic mass is 16.3. The Morgan fingerprint density at radius 2 is 1.42 bits per heavy atom. The molecule has 0 saturated heterocycles. The monoisotopic (exact) mass is 419 g/mol. The van der Waals surface area contributed by atoms with Gasteiger partial charge >= 0.3 is 0 Å². The van der Waals surface area contributed by atoms with E-state index in [1.54, 1.807) is 0 Å². The summed E-state index contributed by atoms with van der Waals surface area (Å²) >= 11 is 0. The van der Waals surface area contributed by atoms with Crippen LogP contribution in [0.3, 0.4) is 0 Å². The molecule has 0 bridgehead atoms. The molecule has 2 saturated carbocycles. The molecule has 2 aliphatic rings. The van der Waals surface area contributed by atoms with Gasteiger partial charge in [-0.1, -0.05) is 92.8 Å². The van der Waals surface area contributed by atoms with Crippen LogP contribution in [0.15, 0.2) is 60.7 Å². The molecule has 0 aromatic heterocycles. The van der Waals surface area contributed by atoms with Crippen LogP contribution in [-0.2, 0) is 12.8 Å². The van der Waals surface area contributed by atoms with Gasteiger partial charge in [0.1, 0.15) is 0 Å². The quantitative estimate of drug-likeness (QED) is 0.492. The molecule has 2 fully saturated rings. The molecule has 2 aromatic rings. The van der Waals surface area contributed by atoms with Crippen LogP contribution in [0.5, 0.6) is 0 Å². The lowest BCUT2D eigenvalue weighted by Gasteiger charge is -2.40. The zero-order chi connectivity index (χ0) is 21.3. The summed E-state index contributed by atoms with van der Waals surface area (Å²) in [4.78, 5) is 0. The normalized spacial score (nSPS) is 25.5. The third-order valence-corrected chi connectivity index (χ3v) is 7.92. The van der Waals surface area contributed by atoms with Crippen LogP contribution in [0.2, 0.25) is 0 Å². The molecular formula is C29H41NO. The first-order valence-electron chi connectivity index (χ1n) is 12.7. The second-order valence-corrected chi connectivity index (χ2v) is 10.3. The molecule has 0 spiro atoms. The van der Waals surface area contributed by atoms with Crippen molar-refractivity contribution in [3.8, 4) is 0 Å². The van der Waals surface area contributed by atoms with Crippen molar-refractivity contribution in [2.45, 2.75) is 70.3 Å². The van der Waals surface area contributed by atoms with Gasteiger partial charge in [0.2, 0.25) is 0 Å². The van der Waals surface area contributed by atoms with E-state index in [0.717, 1.165) is 37.1 Å². The molecule has 0 radical (unpaired) electrons. The highest BCUT2D eigenvalue weighted by Crippen LogP contribution is 2.44. The molecule has 5 unspecified atom stereocenters. The Labute approximate surface area is 189 Å². The minimum Gasteiger partial charge on any atom is -0.395 e. The third kappa shape index (κ3) is 6.92. The van der Waals surface area contributed by atoms with Crippen LogP contribution in [0.1, 0.15) is 62.5 Å². The van der Waals surface area contributed by atoms with Crippen LogP contribution in [0, 0.1) is 23.7 Å². The Hall–Kier alpha value is -1.64. The minimum atomic E-state index is 0.134. The predicted octanol–water partition coefficient (Wildman–Crippen LogP) is 6.04. The van der Waals surface area contributed by atoms with Gasteiger partial charge in [-0.05, 0) is 73.4 Å². The number of benzene rings is 2. The summed E-state index contributed by atoms with van der Waals surface area (Å²) in [5.41, 5.74) is 2.74. The zero-order valence-corrected chi connectivity index (χ0v) is 19.1. The molecule has 0 amide bonds. The lowest BCUT2D eigenvalue weighted by atomic mass is 9.66. The van der Waals surface area contributed by atoms with Crippen LogP contribution in [-0.4, -0.2) is 24.3 Å². The Bertz CT molecular complexity index is 746. The highest BCUT2D eigenvalue weighted by molar-refractivity contribution is 5.17. The van der Waals surface area contributed by atoms with E-state index in [1.807, 2.05) is 0 Å². The first kappa shape index (κ1) is 22.6. The molecule has 5 atom stereocenters. The highest BCUT2D eigenvalue weighted by Gasteiger charge is 2.33. The molecule has 0 aliphatic heterocycles. The van der Waals surface area contributed by atoms with Crippen molar-refractivity contribution >= 4 is 0 Å². The van der Waals surface area contributed by atoms with E-state index >= 15 is 0 Å². The number of rotatable bonds is 10. The second kappa shape index (κ2) is 11.8. The van der Waals surface area contributed by atoms with E-state index in [4.69, 9.17) is 0 Å². The summed E-state index contributed by atoms with van der Waals surface area (Å²) in [6.07, 6.45) is 13.6. The summed E-state index contributed by atoms with van der Waals surface area (Å²) in [6.45, 7) is 1.19. The maximum atomic E-state index is 9.98. The summed E-state index contributed by atoms with van der Waals surface area (Å²) in [6, 6.07) is 21.7. The molecular weight excluding hydrogens is 378 g/mol. The number of fused-ring (bicyclic) bond motifs is 1. The molecule has 2 nitrogen and oxygen atoms in total. The van der Waals surface area contributed by atoms with Crippen molar-refractivity contribution in [2.24, 2.45) is 23.7 Å². The van der Waals surface area contributed by atoms with Crippen molar-refractivity contribution in [2.75, 3.05) is 13.2 Å².